The number of nitrogens with zero attached hydrogens (tertiary/aromatic N) is 1. The van der Waals surface area contributed by atoms with Crippen molar-refractivity contribution in [1.29, 1.82) is 0 Å². The van der Waals surface area contributed by atoms with Gasteiger partial charge in [-0.05, 0) is 62.3 Å². The largest absolute Gasteiger partial charge is 0.481 e. The smallest absolute Gasteiger partial charge is 0.307 e. The van der Waals surface area contributed by atoms with Gasteiger partial charge in [0.05, 0.1) is 34.8 Å². The van der Waals surface area contributed by atoms with Crippen LogP contribution in [0.2, 0.25) is 10.0 Å². The summed E-state index contributed by atoms with van der Waals surface area (Å²) < 4.78 is 26.7. The second-order valence-corrected chi connectivity index (χ2v) is 10.5. The highest BCUT2D eigenvalue weighted by molar-refractivity contribution is 6.39. The van der Waals surface area contributed by atoms with Crippen LogP contribution in [0.3, 0.4) is 0 Å². The molecule has 9 heteroatoms. The minimum absolute atomic E-state index is 0.129. The average molecular weight is 534 g/mol. The highest BCUT2D eigenvalue weighted by Crippen LogP contribution is 2.46. The lowest BCUT2D eigenvalue weighted by Crippen LogP contribution is -2.35. The third kappa shape index (κ3) is 5.16. The van der Waals surface area contributed by atoms with Gasteiger partial charge in [-0.25, -0.2) is 4.39 Å². The summed E-state index contributed by atoms with van der Waals surface area (Å²) in [6.07, 6.45) is 3.41. The first-order chi connectivity index (χ1) is 17.2. The van der Waals surface area contributed by atoms with Gasteiger partial charge in [0.15, 0.2) is 0 Å². The topological polar surface area (TPSA) is 92.8 Å². The number of hydrogen-bond donors (Lipinski definition) is 2. The fourth-order valence-electron chi connectivity index (χ4n) is 4.97. The van der Waals surface area contributed by atoms with Crippen molar-refractivity contribution in [2.75, 3.05) is 0 Å². The van der Waals surface area contributed by atoms with E-state index in [-0.39, 0.29) is 24.7 Å². The Morgan fingerprint density at radius 1 is 1.14 bits per heavy atom. The van der Waals surface area contributed by atoms with E-state index >= 15 is 0 Å². The number of carboxylic acids is 1. The van der Waals surface area contributed by atoms with Gasteiger partial charge in [0.2, 0.25) is 0 Å². The normalized spacial score (nSPS) is 22.1. The van der Waals surface area contributed by atoms with E-state index in [1.165, 1.54) is 12.1 Å². The standard InChI is InChI=1S/C27H26Cl2FNO5/c28-20-2-1-3-21(29)24(20)25-18(26(36-31-25)16-5-6-16)14-35-17-8-10-27(34,11-9-17)19-7-4-15(12-22(19)30)13-23(32)33/h1-4,7,12,16-17,34H,5-6,8-11,13-14H2,(H,32,33)/t17-,27+. The Morgan fingerprint density at radius 3 is 2.44 bits per heavy atom. The van der Waals surface area contributed by atoms with Gasteiger partial charge in [-0.15, -0.1) is 0 Å². The maximum absolute atomic E-state index is 14.7. The van der Waals surface area contributed by atoms with E-state index in [1.807, 2.05) is 0 Å². The molecule has 2 aliphatic carbocycles. The fourth-order valence-corrected chi connectivity index (χ4v) is 5.55. The number of carbonyl (C=O) groups is 1. The molecule has 1 aromatic heterocycles. The van der Waals surface area contributed by atoms with Crippen molar-refractivity contribution in [3.8, 4) is 11.3 Å². The summed E-state index contributed by atoms with van der Waals surface area (Å²) in [5, 5.41) is 25.4. The first-order valence-corrected chi connectivity index (χ1v) is 12.8. The fraction of sp³-hybridized carbons (Fsp3) is 0.407. The van der Waals surface area contributed by atoms with Crippen molar-refractivity contribution in [2.24, 2.45) is 0 Å². The Hall–Kier alpha value is -2.45. The zero-order chi connectivity index (χ0) is 25.4. The lowest BCUT2D eigenvalue weighted by molar-refractivity contribution is -0.136. The monoisotopic (exact) mass is 533 g/mol. The number of carboxylic acid groups (broad SMARTS) is 1. The van der Waals surface area contributed by atoms with Gasteiger partial charge in [-0.1, -0.05) is 46.6 Å². The van der Waals surface area contributed by atoms with E-state index in [0.29, 0.717) is 58.5 Å². The molecule has 2 aromatic carbocycles. The van der Waals surface area contributed by atoms with Crippen LogP contribution < -0.4 is 0 Å². The molecule has 0 unspecified atom stereocenters. The summed E-state index contributed by atoms with van der Waals surface area (Å²) in [5.74, 6) is -0.502. The quantitative estimate of drug-likeness (QED) is 0.337. The predicted molar refractivity (Wildman–Crippen MR) is 133 cm³/mol. The molecule has 0 spiro atoms. The lowest BCUT2D eigenvalue weighted by atomic mass is 9.78. The van der Waals surface area contributed by atoms with Gasteiger partial charge >= 0.3 is 5.97 Å². The van der Waals surface area contributed by atoms with Crippen LogP contribution in [0.15, 0.2) is 40.9 Å². The van der Waals surface area contributed by atoms with Crippen molar-refractivity contribution < 1.29 is 28.7 Å². The van der Waals surface area contributed by atoms with Crippen molar-refractivity contribution in [2.45, 2.75) is 69.2 Å². The first kappa shape index (κ1) is 25.2. The van der Waals surface area contributed by atoms with Gasteiger partial charge in [0.1, 0.15) is 17.3 Å². The Balaban J connectivity index is 1.28. The van der Waals surface area contributed by atoms with Gasteiger partial charge in [-0.3, -0.25) is 4.79 Å². The highest BCUT2D eigenvalue weighted by atomic mass is 35.5. The summed E-state index contributed by atoms with van der Waals surface area (Å²) in [4.78, 5) is 10.9. The Bertz CT molecular complexity index is 1260. The predicted octanol–water partition coefficient (Wildman–Crippen LogP) is 6.64. The lowest BCUT2D eigenvalue weighted by Gasteiger charge is -2.36. The molecule has 0 bridgehead atoms. The summed E-state index contributed by atoms with van der Waals surface area (Å²) in [7, 11) is 0. The molecule has 2 saturated carbocycles. The van der Waals surface area contributed by atoms with Crippen molar-refractivity contribution in [3.63, 3.8) is 0 Å². The third-order valence-electron chi connectivity index (χ3n) is 7.08. The molecule has 2 fully saturated rings. The average Bonchev–Trinajstić information content (AvgIpc) is 3.59. The van der Waals surface area contributed by atoms with Crippen molar-refractivity contribution in [1.82, 2.24) is 5.16 Å². The number of rotatable bonds is 8. The van der Waals surface area contributed by atoms with Crippen molar-refractivity contribution in [3.05, 3.63) is 74.7 Å². The van der Waals surface area contributed by atoms with Gasteiger partial charge in [0.25, 0.3) is 0 Å². The number of aliphatic carboxylic acids is 1. The number of aliphatic hydroxyl groups is 1. The number of ether oxygens (including phenoxy) is 1. The minimum Gasteiger partial charge on any atom is -0.481 e. The van der Waals surface area contributed by atoms with Gasteiger partial charge in [0, 0.05) is 22.6 Å². The van der Waals surface area contributed by atoms with Crippen molar-refractivity contribution >= 4 is 29.2 Å². The van der Waals surface area contributed by atoms with E-state index in [0.717, 1.165) is 24.2 Å². The maximum Gasteiger partial charge on any atom is 0.307 e. The molecular formula is C27H26Cl2FNO5. The molecule has 5 rings (SSSR count). The molecule has 36 heavy (non-hydrogen) atoms. The van der Waals surface area contributed by atoms with Crippen LogP contribution in [0, 0.1) is 5.82 Å². The molecular weight excluding hydrogens is 508 g/mol. The summed E-state index contributed by atoms with van der Waals surface area (Å²) >= 11 is 12.9. The molecule has 6 nitrogen and oxygen atoms in total. The molecule has 0 amide bonds. The number of hydrogen-bond acceptors (Lipinski definition) is 5. The first-order valence-electron chi connectivity index (χ1n) is 12.0. The third-order valence-corrected chi connectivity index (χ3v) is 7.71. The molecule has 0 atom stereocenters. The summed E-state index contributed by atoms with van der Waals surface area (Å²) in [5.41, 5.74) is 1.28. The van der Waals surface area contributed by atoms with E-state index < -0.39 is 17.4 Å². The molecule has 0 radical (unpaired) electrons. The molecule has 3 aromatic rings. The summed E-state index contributed by atoms with van der Waals surface area (Å²) in [6, 6.07) is 9.53. The SMILES string of the molecule is O=C(O)Cc1ccc([C@]2(O)CC[C@@H](OCc3c(-c4c(Cl)cccc4Cl)noc3C3CC3)CC2)c(F)c1. The number of halogens is 3. The summed E-state index contributed by atoms with van der Waals surface area (Å²) in [6.45, 7) is 0.271. The van der Waals surface area contributed by atoms with E-state index in [9.17, 15) is 14.3 Å². The van der Waals surface area contributed by atoms with E-state index in [1.54, 1.807) is 24.3 Å². The second kappa shape index (κ2) is 10.1. The molecule has 1 heterocycles. The van der Waals surface area contributed by atoms with Gasteiger partial charge in [-0.2, -0.15) is 0 Å². The number of benzene rings is 2. The highest BCUT2D eigenvalue weighted by Gasteiger charge is 2.38. The van der Waals surface area contributed by atoms with Crippen LogP contribution in [0.5, 0.6) is 0 Å². The second-order valence-electron chi connectivity index (χ2n) is 9.67. The Labute approximate surface area is 218 Å². The van der Waals surface area contributed by atoms with E-state index in [2.05, 4.69) is 5.16 Å². The maximum atomic E-state index is 14.7. The van der Waals surface area contributed by atoms with Crippen LogP contribution in [-0.2, 0) is 28.2 Å². The Kier molecular flexibility index (Phi) is 7.10. The van der Waals surface area contributed by atoms with Crippen LogP contribution in [0.4, 0.5) is 4.39 Å². The Morgan fingerprint density at radius 2 is 1.83 bits per heavy atom. The molecule has 190 valence electrons. The molecule has 2 N–H and O–H groups in total. The molecule has 0 aliphatic heterocycles. The van der Waals surface area contributed by atoms with Crippen LogP contribution >= 0.6 is 23.2 Å². The van der Waals surface area contributed by atoms with E-state index in [4.69, 9.17) is 37.6 Å². The van der Waals surface area contributed by atoms with Crippen LogP contribution in [-0.4, -0.2) is 27.4 Å². The minimum atomic E-state index is -1.32. The molecule has 2 aliphatic rings. The number of aromatic nitrogens is 1. The van der Waals surface area contributed by atoms with Crippen LogP contribution in [0.25, 0.3) is 11.3 Å². The van der Waals surface area contributed by atoms with Gasteiger partial charge < -0.3 is 19.5 Å². The van der Waals surface area contributed by atoms with Crippen LogP contribution in [0.1, 0.15) is 66.9 Å². The molecule has 0 saturated heterocycles. The zero-order valence-corrected chi connectivity index (χ0v) is 21.0. The zero-order valence-electron chi connectivity index (χ0n) is 19.5.